The van der Waals surface area contributed by atoms with Gasteiger partial charge in [-0.1, -0.05) is 31.3 Å². The molecule has 4 heteroatoms. The monoisotopic (exact) mass is 223 g/mol. The van der Waals surface area contributed by atoms with Crippen molar-refractivity contribution < 1.29 is 4.52 Å². The maximum Gasteiger partial charge on any atom is 0.223 e. The van der Waals surface area contributed by atoms with Gasteiger partial charge >= 0.3 is 0 Å². The van der Waals surface area contributed by atoms with Crippen LogP contribution in [0.4, 0.5) is 0 Å². The molecule has 0 saturated heterocycles. The molecule has 1 saturated carbocycles. The number of rotatable bonds is 4. The van der Waals surface area contributed by atoms with Crippen LogP contribution >= 0.6 is 0 Å². The van der Waals surface area contributed by atoms with E-state index in [9.17, 15) is 0 Å². The molecule has 0 aliphatic heterocycles. The molecule has 1 heterocycles. The van der Waals surface area contributed by atoms with E-state index in [0.717, 1.165) is 30.7 Å². The number of nitrogens with one attached hydrogen (secondary N) is 1. The summed E-state index contributed by atoms with van der Waals surface area (Å²) in [5.74, 6) is 3.08. The molecule has 0 amide bonds. The zero-order valence-electron chi connectivity index (χ0n) is 10.2. The van der Waals surface area contributed by atoms with Gasteiger partial charge < -0.3 is 9.84 Å². The van der Waals surface area contributed by atoms with Crippen LogP contribution < -0.4 is 5.32 Å². The second kappa shape index (κ2) is 5.43. The van der Waals surface area contributed by atoms with Crippen LogP contribution in [0.3, 0.4) is 0 Å². The Morgan fingerprint density at radius 1 is 1.38 bits per heavy atom. The van der Waals surface area contributed by atoms with E-state index < -0.39 is 0 Å². The Kier molecular flexibility index (Phi) is 3.93. The molecule has 0 bridgehead atoms. The third-order valence-corrected chi connectivity index (χ3v) is 3.55. The van der Waals surface area contributed by atoms with E-state index in [-0.39, 0.29) is 0 Å². The summed E-state index contributed by atoms with van der Waals surface area (Å²) in [7, 11) is 0. The van der Waals surface area contributed by atoms with Crippen molar-refractivity contribution in [1.82, 2.24) is 15.5 Å². The van der Waals surface area contributed by atoms with Crippen LogP contribution in [0.15, 0.2) is 4.52 Å². The molecular weight excluding hydrogens is 202 g/mol. The highest BCUT2D eigenvalue weighted by atomic mass is 16.5. The van der Waals surface area contributed by atoms with Crippen LogP contribution in [0, 0.1) is 18.8 Å². The maximum absolute atomic E-state index is 4.93. The lowest BCUT2D eigenvalue weighted by atomic mass is 9.80. The Morgan fingerprint density at radius 3 is 2.88 bits per heavy atom. The van der Waals surface area contributed by atoms with Gasteiger partial charge in [0.2, 0.25) is 5.89 Å². The molecule has 0 spiro atoms. The van der Waals surface area contributed by atoms with Gasteiger partial charge in [-0.15, -0.1) is 0 Å². The predicted molar refractivity (Wildman–Crippen MR) is 61.9 cm³/mol. The van der Waals surface area contributed by atoms with Crippen molar-refractivity contribution >= 4 is 0 Å². The quantitative estimate of drug-likeness (QED) is 0.851. The van der Waals surface area contributed by atoms with Crippen LogP contribution in [-0.2, 0) is 6.54 Å². The van der Waals surface area contributed by atoms with Gasteiger partial charge in [0.05, 0.1) is 6.54 Å². The molecule has 4 nitrogen and oxygen atoms in total. The lowest BCUT2D eigenvalue weighted by molar-refractivity contribution is 0.247. The molecule has 90 valence electrons. The highest BCUT2D eigenvalue weighted by molar-refractivity contribution is 4.83. The molecule has 1 fully saturated rings. The third-order valence-electron chi connectivity index (χ3n) is 3.55. The molecule has 2 atom stereocenters. The van der Waals surface area contributed by atoms with Crippen molar-refractivity contribution in [2.75, 3.05) is 6.54 Å². The van der Waals surface area contributed by atoms with Crippen molar-refractivity contribution in [1.29, 1.82) is 0 Å². The fourth-order valence-electron chi connectivity index (χ4n) is 2.48. The van der Waals surface area contributed by atoms with Gasteiger partial charge in [-0.3, -0.25) is 0 Å². The van der Waals surface area contributed by atoms with Gasteiger partial charge in [0.25, 0.3) is 0 Å². The Balaban J connectivity index is 1.71. The van der Waals surface area contributed by atoms with Crippen molar-refractivity contribution in [3.8, 4) is 0 Å². The van der Waals surface area contributed by atoms with Crippen LogP contribution in [0.2, 0.25) is 0 Å². The van der Waals surface area contributed by atoms with E-state index in [2.05, 4.69) is 22.4 Å². The lowest BCUT2D eigenvalue weighted by Gasteiger charge is -2.28. The van der Waals surface area contributed by atoms with Gasteiger partial charge in [0, 0.05) is 6.92 Å². The van der Waals surface area contributed by atoms with Gasteiger partial charge in [-0.05, 0) is 24.8 Å². The maximum atomic E-state index is 4.93. The van der Waals surface area contributed by atoms with Crippen LogP contribution in [-0.4, -0.2) is 16.7 Å². The Labute approximate surface area is 96.8 Å². The summed E-state index contributed by atoms with van der Waals surface area (Å²) in [6.45, 7) is 5.99. The second-order valence-electron chi connectivity index (χ2n) is 4.88. The third kappa shape index (κ3) is 3.04. The van der Waals surface area contributed by atoms with Crippen molar-refractivity contribution in [3.05, 3.63) is 11.7 Å². The summed E-state index contributed by atoms with van der Waals surface area (Å²) in [5, 5.41) is 7.30. The zero-order valence-corrected chi connectivity index (χ0v) is 10.2. The summed E-state index contributed by atoms with van der Waals surface area (Å²) in [5.41, 5.74) is 0. The van der Waals surface area contributed by atoms with Crippen LogP contribution in [0.5, 0.6) is 0 Å². The van der Waals surface area contributed by atoms with E-state index in [4.69, 9.17) is 4.52 Å². The average molecular weight is 223 g/mol. The first-order chi connectivity index (χ1) is 7.75. The first-order valence-corrected chi connectivity index (χ1v) is 6.25. The van der Waals surface area contributed by atoms with Crippen molar-refractivity contribution in [2.45, 2.75) is 46.1 Å². The number of hydrogen-bond acceptors (Lipinski definition) is 4. The molecule has 1 aromatic rings. The second-order valence-corrected chi connectivity index (χ2v) is 4.88. The summed E-state index contributed by atoms with van der Waals surface area (Å²) in [6, 6.07) is 0. The number of aryl methyl sites for hydroxylation is 1. The topological polar surface area (TPSA) is 51.0 Å². The molecule has 16 heavy (non-hydrogen) atoms. The molecule has 1 aliphatic rings. The van der Waals surface area contributed by atoms with Crippen molar-refractivity contribution in [3.63, 3.8) is 0 Å². The predicted octanol–water partition coefficient (Wildman–Crippen LogP) is 2.29. The summed E-state index contributed by atoms with van der Waals surface area (Å²) in [4.78, 5) is 4.17. The van der Waals surface area contributed by atoms with E-state index in [0.29, 0.717) is 5.89 Å². The number of nitrogens with zero attached hydrogens (tertiary/aromatic N) is 2. The normalized spacial score (nSPS) is 25.9. The van der Waals surface area contributed by atoms with Gasteiger partial charge in [-0.2, -0.15) is 4.98 Å². The molecular formula is C12H21N3O. The fraction of sp³-hybridized carbons (Fsp3) is 0.833. The van der Waals surface area contributed by atoms with Gasteiger partial charge in [-0.25, -0.2) is 0 Å². The highest BCUT2D eigenvalue weighted by Crippen LogP contribution is 2.28. The summed E-state index contributed by atoms with van der Waals surface area (Å²) in [6.07, 6.45) is 5.53. The molecule has 0 aromatic carbocycles. The molecule has 2 rings (SSSR count). The SMILES string of the molecule is Cc1nc(CNCC2CCCCC2C)no1. The highest BCUT2D eigenvalue weighted by Gasteiger charge is 2.20. The Bertz CT molecular complexity index is 324. The van der Waals surface area contributed by atoms with Crippen LogP contribution in [0.1, 0.15) is 44.3 Å². The summed E-state index contributed by atoms with van der Waals surface area (Å²) >= 11 is 0. The van der Waals surface area contributed by atoms with E-state index in [1.165, 1.54) is 25.7 Å². The van der Waals surface area contributed by atoms with E-state index >= 15 is 0 Å². The summed E-state index contributed by atoms with van der Waals surface area (Å²) < 4.78 is 4.93. The largest absolute Gasteiger partial charge is 0.340 e. The molecule has 1 aromatic heterocycles. The molecule has 2 unspecified atom stereocenters. The first-order valence-electron chi connectivity index (χ1n) is 6.25. The van der Waals surface area contributed by atoms with Gasteiger partial charge in [0.15, 0.2) is 5.82 Å². The minimum atomic E-state index is 0.642. The molecule has 1 aliphatic carbocycles. The molecule has 1 N–H and O–H groups in total. The Hall–Kier alpha value is -0.900. The molecule has 0 radical (unpaired) electrons. The Morgan fingerprint density at radius 2 is 2.19 bits per heavy atom. The number of hydrogen-bond donors (Lipinski definition) is 1. The number of aromatic nitrogens is 2. The smallest absolute Gasteiger partial charge is 0.223 e. The average Bonchev–Trinajstić information content (AvgIpc) is 2.67. The first kappa shape index (κ1) is 11.6. The fourth-order valence-corrected chi connectivity index (χ4v) is 2.48. The van der Waals surface area contributed by atoms with Gasteiger partial charge in [0.1, 0.15) is 0 Å². The zero-order chi connectivity index (χ0) is 11.4. The minimum Gasteiger partial charge on any atom is -0.340 e. The van der Waals surface area contributed by atoms with Crippen LogP contribution in [0.25, 0.3) is 0 Å². The standard InChI is InChI=1S/C12H21N3O/c1-9-5-3-4-6-11(9)7-13-8-12-14-10(2)16-15-12/h9,11,13H,3-8H2,1-2H3. The lowest BCUT2D eigenvalue weighted by Crippen LogP contribution is -2.29. The minimum absolute atomic E-state index is 0.642. The van der Waals surface area contributed by atoms with E-state index in [1.807, 2.05) is 6.92 Å². The van der Waals surface area contributed by atoms with Crippen molar-refractivity contribution in [2.24, 2.45) is 11.8 Å². The van der Waals surface area contributed by atoms with E-state index in [1.54, 1.807) is 0 Å².